The van der Waals surface area contributed by atoms with Gasteiger partial charge in [-0.05, 0) is 49.1 Å². The van der Waals surface area contributed by atoms with Gasteiger partial charge in [0.15, 0.2) is 0 Å². The molecule has 1 aliphatic rings. The molecular weight excluding hydrogens is 386 g/mol. The van der Waals surface area contributed by atoms with Crippen molar-refractivity contribution in [1.82, 2.24) is 20.5 Å². The molecule has 0 radical (unpaired) electrons. The van der Waals surface area contributed by atoms with Gasteiger partial charge in [0.2, 0.25) is 0 Å². The summed E-state index contributed by atoms with van der Waals surface area (Å²) in [6.07, 6.45) is 2.35. The average molecular weight is 418 g/mol. The van der Waals surface area contributed by atoms with E-state index in [0.717, 1.165) is 42.9 Å². The topological polar surface area (TPSA) is 69.3 Å². The summed E-state index contributed by atoms with van der Waals surface area (Å²) in [5.74, 6) is 1.32. The van der Waals surface area contributed by atoms with Crippen LogP contribution in [-0.4, -0.2) is 48.6 Å². The maximum absolute atomic E-state index is 12.2. The zero-order valence-corrected chi connectivity index (χ0v) is 17.9. The second-order valence-corrected chi connectivity index (χ2v) is 8.18. The Labute approximate surface area is 184 Å². The van der Waals surface area contributed by atoms with Crippen LogP contribution in [-0.2, 0) is 6.54 Å². The molecule has 2 amide bonds. The molecule has 3 N–H and O–H groups in total. The van der Waals surface area contributed by atoms with E-state index in [1.54, 1.807) is 0 Å². The van der Waals surface area contributed by atoms with Gasteiger partial charge in [0.25, 0.3) is 0 Å². The van der Waals surface area contributed by atoms with Gasteiger partial charge < -0.3 is 16.0 Å². The minimum atomic E-state index is -0.103. The number of carbonyl (C=O) groups excluding carboxylic acids is 1. The van der Waals surface area contributed by atoms with E-state index in [0.29, 0.717) is 19.0 Å². The molecule has 3 aromatic rings. The molecule has 1 saturated heterocycles. The van der Waals surface area contributed by atoms with Gasteiger partial charge in [-0.25, -0.2) is 9.78 Å². The highest BCUT2D eigenvalue weighted by Gasteiger charge is 2.20. The standard InChI is InChI=1S/C25H31N5O/c31-25(27-15-14-26-24-13-12-22-10-4-5-11-23(22)29-24)28-17-21-9-6-16-30(19-21)18-20-7-2-1-3-8-20/h1-5,7-8,10-13,21H,6,9,14-19H2,(H,26,29)(H2,27,28,31). The Morgan fingerprint density at radius 2 is 1.81 bits per heavy atom. The number of pyridine rings is 1. The fourth-order valence-corrected chi connectivity index (χ4v) is 4.13. The Morgan fingerprint density at radius 3 is 2.71 bits per heavy atom. The highest BCUT2D eigenvalue weighted by molar-refractivity contribution is 5.80. The second-order valence-electron chi connectivity index (χ2n) is 8.18. The fraction of sp³-hybridized carbons (Fsp3) is 0.360. The number of nitrogens with zero attached hydrogens (tertiary/aromatic N) is 2. The molecule has 0 saturated carbocycles. The van der Waals surface area contributed by atoms with Gasteiger partial charge in [-0.3, -0.25) is 4.90 Å². The van der Waals surface area contributed by atoms with E-state index in [-0.39, 0.29) is 6.03 Å². The largest absolute Gasteiger partial charge is 0.368 e. The molecule has 6 nitrogen and oxygen atoms in total. The van der Waals surface area contributed by atoms with Crippen molar-refractivity contribution in [3.8, 4) is 0 Å². The van der Waals surface area contributed by atoms with E-state index in [9.17, 15) is 4.79 Å². The number of para-hydroxylation sites is 1. The molecule has 1 aromatic heterocycles. The minimum absolute atomic E-state index is 0.103. The first-order valence-electron chi connectivity index (χ1n) is 11.1. The third kappa shape index (κ3) is 6.43. The summed E-state index contributed by atoms with van der Waals surface area (Å²) in [5, 5.41) is 10.4. The number of rotatable bonds is 8. The zero-order valence-electron chi connectivity index (χ0n) is 17.9. The lowest BCUT2D eigenvalue weighted by Gasteiger charge is -2.32. The number of urea groups is 1. The van der Waals surface area contributed by atoms with Crippen LogP contribution in [0.1, 0.15) is 18.4 Å². The van der Waals surface area contributed by atoms with Gasteiger partial charge in [-0.15, -0.1) is 0 Å². The number of fused-ring (bicyclic) bond motifs is 1. The molecule has 1 fully saturated rings. The number of carbonyl (C=O) groups is 1. The van der Waals surface area contributed by atoms with Crippen LogP contribution in [0.5, 0.6) is 0 Å². The number of anilines is 1. The molecule has 1 aliphatic heterocycles. The molecule has 0 bridgehead atoms. The summed E-state index contributed by atoms with van der Waals surface area (Å²) < 4.78 is 0. The van der Waals surface area contributed by atoms with Gasteiger partial charge >= 0.3 is 6.03 Å². The SMILES string of the molecule is O=C(NCCNc1ccc2ccccc2n1)NCC1CCCN(Cc2ccccc2)C1. The van der Waals surface area contributed by atoms with Crippen LogP contribution in [0.15, 0.2) is 66.7 Å². The molecule has 2 aromatic carbocycles. The summed E-state index contributed by atoms with van der Waals surface area (Å²) >= 11 is 0. The van der Waals surface area contributed by atoms with Crippen molar-refractivity contribution >= 4 is 22.8 Å². The van der Waals surface area contributed by atoms with Crippen LogP contribution in [0.4, 0.5) is 10.6 Å². The summed E-state index contributed by atoms with van der Waals surface area (Å²) in [7, 11) is 0. The number of benzene rings is 2. The Kier molecular flexibility index (Phi) is 7.34. The summed E-state index contributed by atoms with van der Waals surface area (Å²) in [6, 6.07) is 22.5. The molecule has 0 spiro atoms. The second kappa shape index (κ2) is 10.8. The zero-order chi connectivity index (χ0) is 21.3. The first-order valence-corrected chi connectivity index (χ1v) is 11.1. The van der Waals surface area contributed by atoms with Gasteiger partial charge in [0.05, 0.1) is 5.52 Å². The van der Waals surface area contributed by atoms with Crippen LogP contribution < -0.4 is 16.0 Å². The van der Waals surface area contributed by atoms with E-state index >= 15 is 0 Å². The quantitative estimate of drug-likeness (QED) is 0.487. The summed E-state index contributed by atoms with van der Waals surface area (Å²) in [5.41, 5.74) is 2.31. The smallest absolute Gasteiger partial charge is 0.314 e. The van der Waals surface area contributed by atoms with Gasteiger partial charge in [0.1, 0.15) is 5.82 Å². The lowest BCUT2D eigenvalue weighted by Crippen LogP contribution is -2.44. The van der Waals surface area contributed by atoms with Crippen molar-refractivity contribution in [3.05, 3.63) is 72.3 Å². The van der Waals surface area contributed by atoms with Crippen molar-refractivity contribution in [2.24, 2.45) is 5.92 Å². The molecule has 6 heteroatoms. The summed E-state index contributed by atoms with van der Waals surface area (Å²) in [4.78, 5) is 19.2. The Balaban J connectivity index is 1.13. The maximum atomic E-state index is 12.2. The van der Waals surface area contributed by atoms with Crippen molar-refractivity contribution in [3.63, 3.8) is 0 Å². The molecule has 0 aliphatic carbocycles. The number of aromatic nitrogens is 1. The van der Waals surface area contributed by atoms with Crippen LogP contribution in [0.25, 0.3) is 10.9 Å². The molecule has 4 rings (SSSR count). The Bertz CT molecular complexity index is 978. The number of amides is 2. The van der Waals surface area contributed by atoms with Crippen molar-refractivity contribution in [2.75, 3.05) is 38.0 Å². The number of hydrogen-bond donors (Lipinski definition) is 3. The molecule has 31 heavy (non-hydrogen) atoms. The fourth-order valence-electron chi connectivity index (χ4n) is 4.13. The van der Waals surface area contributed by atoms with Gasteiger partial charge in [-0.2, -0.15) is 0 Å². The van der Waals surface area contributed by atoms with E-state index in [1.807, 2.05) is 30.3 Å². The molecule has 1 atom stereocenters. The number of nitrogens with one attached hydrogen (secondary N) is 3. The molecule has 162 valence electrons. The monoisotopic (exact) mass is 417 g/mol. The minimum Gasteiger partial charge on any atom is -0.368 e. The van der Waals surface area contributed by atoms with E-state index in [1.165, 1.54) is 18.4 Å². The first kappa shape index (κ1) is 21.1. The van der Waals surface area contributed by atoms with E-state index in [2.05, 4.69) is 62.2 Å². The Morgan fingerprint density at radius 1 is 0.968 bits per heavy atom. The van der Waals surface area contributed by atoms with Gasteiger partial charge in [-0.1, -0.05) is 48.5 Å². The molecular formula is C25H31N5O. The lowest BCUT2D eigenvalue weighted by molar-refractivity contribution is 0.165. The highest BCUT2D eigenvalue weighted by Crippen LogP contribution is 2.18. The van der Waals surface area contributed by atoms with Crippen molar-refractivity contribution in [1.29, 1.82) is 0 Å². The Hall–Kier alpha value is -3.12. The predicted octanol–water partition coefficient (Wildman–Crippen LogP) is 3.86. The van der Waals surface area contributed by atoms with Crippen LogP contribution >= 0.6 is 0 Å². The normalized spacial score (nSPS) is 16.7. The average Bonchev–Trinajstić information content (AvgIpc) is 2.81. The van der Waals surface area contributed by atoms with Crippen molar-refractivity contribution in [2.45, 2.75) is 19.4 Å². The third-order valence-electron chi connectivity index (χ3n) is 5.72. The third-order valence-corrected chi connectivity index (χ3v) is 5.72. The first-order chi connectivity index (χ1) is 15.3. The van der Waals surface area contributed by atoms with Crippen LogP contribution in [0.3, 0.4) is 0 Å². The summed E-state index contributed by atoms with van der Waals surface area (Å²) in [6.45, 7) is 5.05. The number of hydrogen-bond acceptors (Lipinski definition) is 4. The van der Waals surface area contributed by atoms with Crippen molar-refractivity contribution < 1.29 is 4.79 Å². The molecule has 1 unspecified atom stereocenters. The number of piperidine rings is 1. The van der Waals surface area contributed by atoms with E-state index in [4.69, 9.17) is 0 Å². The maximum Gasteiger partial charge on any atom is 0.314 e. The van der Waals surface area contributed by atoms with Gasteiger partial charge in [0, 0.05) is 38.1 Å². The molecule has 2 heterocycles. The highest BCUT2D eigenvalue weighted by atomic mass is 16.2. The number of likely N-dealkylation sites (tertiary alicyclic amines) is 1. The van der Waals surface area contributed by atoms with Crippen LogP contribution in [0, 0.1) is 5.92 Å². The predicted molar refractivity (Wildman–Crippen MR) is 126 cm³/mol. The van der Waals surface area contributed by atoms with E-state index < -0.39 is 0 Å². The van der Waals surface area contributed by atoms with Crippen LogP contribution in [0.2, 0.25) is 0 Å². The lowest BCUT2D eigenvalue weighted by atomic mass is 9.97.